The van der Waals surface area contributed by atoms with Crippen molar-refractivity contribution in [2.45, 2.75) is 53.0 Å². The van der Waals surface area contributed by atoms with Gasteiger partial charge in [-0.1, -0.05) is 54.1 Å². The zero-order valence-corrected chi connectivity index (χ0v) is 15.6. The number of ether oxygens (including phenoxy) is 1. The summed E-state index contributed by atoms with van der Waals surface area (Å²) in [6.45, 7) is 9.73. The van der Waals surface area contributed by atoms with Crippen molar-refractivity contribution in [1.82, 2.24) is 10.6 Å². The van der Waals surface area contributed by atoms with E-state index in [1.807, 2.05) is 64.1 Å². The maximum absolute atomic E-state index is 12.0. The first-order chi connectivity index (χ1) is 11.8. The second-order valence-corrected chi connectivity index (χ2v) is 7.25. The van der Waals surface area contributed by atoms with E-state index in [1.54, 1.807) is 0 Å². The molecule has 2 rings (SSSR count). The maximum Gasteiger partial charge on any atom is 0.315 e. The number of amides is 2. The first-order valence-corrected chi connectivity index (χ1v) is 8.61. The number of nitrogens with one attached hydrogen (secondary N) is 2. The Hall–Kier alpha value is -2.33. The van der Waals surface area contributed by atoms with Crippen molar-refractivity contribution in [2.75, 3.05) is 0 Å². The Morgan fingerprint density at radius 3 is 2.08 bits per heavy atom. The third kappa shape index (κ3) is 7.40. The van der Waals surface area contributed by atoms with Crippen molar-refractivity contribution in [2.24, 2.45) is 0 Å². The van der Waals surface area contributed by atoms with Gasteiger partial charge in [0.2, 0.25) is 0 Å². The quantitative estimate of drug-likeness (QED) is 0.823. The number of carbonyl (C=O) groups is 1. The van der Waals surface area contributed by atoms with E-state index in [9.17, 15) is 4.79 Å². The summed E-state index contributed by atoms with van der Waals surface area (Å²) < 4.78 is 5.79. The molecule has 4 nitrogen and oxygen atoms in total. The molecule has 2 aromatic rings. The zero-order chi connectivity index (χ0) is 18.3. The lowest BCUT2D eigenvalue weighted by Crippen LogP contribution is -2.34. The van der Waals surface area contributed by atoms with E-state index in [-0.39, 0.29) is 11.6 Å². The molecule has 4 heteroatoms. The fourth-order valence-electron chi connectivity index (χ4n) is 2.38. The molecule has 0 aliphatic heterocycles. The van der Waals surface area contributed by atoms with Gasteiger partial charge in [0.15, 0.2) is 0 Å². The van der Waals surface area contributed by atoms with Crippen LogP contribution in [0.5, 0.6) is 0 Å². The summed E-state index contributed by atoms with van der Waals surface area (Å²) in [7, 11) is 0. The largest absolute Gasteiger partial charge is 0.371 e. The highest BCUT2D eigenvalue weighted by atomic mass is 16.5. The number of hydrogen-bond acceptors (Lipinski definition) is 2. The first-order valence-electron chi connectivity index (χ1n) is 8.61. The molecule has 2 amide bonds. The molecule has 2 aromatic carbocycles. The number of carbonyl (C=O) groups excluding carboxylic acids is 1. The molecule has 0 fully saturated rings. The van der Waals surface area contributed by atoms with Crippen LogP contribution >= 0.6 is 0 Å². The minimum Gasteiger partial charge on any atom is -0.371 e. The van der Waals surface area contributed by atoms with Crippen LogP contribution in [-0.2, 0) is 24.4 Å². The molecule has 25 heavy (non-hydrogen) atoms. The van der Waals surface area contributed by atoms with Crippen LogP contribution in [-0.4, -0.2) is 11.6 Å². The van der Waals surface area contributed by atoms with Crippen LogP contribution in [0.25, 0.3) is 0 Å². The second-order valence-electron chi connectivity index (χ2n) is 7.25. The van der Waals surface area contributed by atoms with Crippen LogP contribution in [0.15, 0.2) is 48.5 Å². The third-order valence-corrected chi connectivity index (χ3v) is 3.65. The summed E-state index contributed by atoms with van der Waals surface area (Å²) >= 11 is 0. The summed E-state index contributed by atoms with van der Waals surface area (Å²) in [6, 6.07) is 16.0. The predicted octanol–water partition coefficient (Wildman–Crippen LogP) is 4.31. The predicted molar refractivity (Wildman–Crippen MR) is 101 cm³/mol. The lowest BCUT2D eigenvalue weighted by atomic mass is 10.1. The topological polar surface area (TPSA) is 50.4 Å². The van der Waals surface area contributed by atoms with Gasteiger partial charge in [-0.3, -0.25) is 0 Å². The Kier molecular flexibility index (Phi) is 6.59. The minimum atomic E-state index is -0.169. The summed E-state index contributed by atoms with van der Waals surface area (Å²) in [6.07, 6.45) is 0. The molecule has 0 saturated heterocycles. The van der Waals surface area contributed by atoms with Crippen LogP contribution in [0.3, 0.4) is 0 Å². The molecule has 0 aliphatic rings. The van der Waals surface area contributed by atoms with Crippen LogP contribution in [0.1, 0.15) is 43.0 Å². The Balaban J connectivity index is 1.79. The molecule has 0 spiro atoms. The Morgan fingerprint density at radius 1 is 0.920 bits per heavy atom. The highest BCUT2D eigenvalue weighted by Gasteiger charge is 2.10. The number of rotatable bonds is 6. The average molecular weight is 340 g/mol. The SMILES string of the molecule is Cc1cccc(CNC(=O)NCc2cccc(COC(C)(C)C)c2)c1. The smallest absolute Gasteiger partial charge is 0.315 e. The first kappa shape index (κ1) is 19.0. The Bertz CT molecular complexity index is 705. The standard InChI is InChI=1S/C21H28N2O2/c1-16-7-5-8-17(11-16)13-22-20(24)23-14-18-9-6-10-19(12-18)15-25-21(2,3)4/h5-12H,13-15H2,1-4H3,(H2,22,23,24). The Labute approximate surface area is 150 Å². The fraction of sp³-hybridized carbons (Fsp3) is 0.381. The summed E-state index contributed by atoms with van der Waals surface area (Å²) in [4.78, 5) is 12.0. The number of urea groups is 1. The molecule has 134 valence electrons. The van der Waals surface area contributed by atoms with E-state index in [0.717, 1.165) is 16.7 Å². The molecule has 0 radical (unpaired) electrons. The monoisotopic (exact) mass is 340 g/mol. The van der Waals surface area contributed by atoms with E-state index in [2.05, 4.69) is 22.8 Å². The molecule has 0 heterocycles. The molecular formula is C21H28N2O2. The van der Waals surface area contributed by atoms with Gasteiger partial charge < -0.3 is 15.4 Å². The van der Waals surface area contributed by atoms with E-state index < -0.39 is 0 Å². The number of aryl methyl sites for hydroxylation is 1. The summed E-state index contributed by atoms with van der Waals surface area (Å²) in [5, 5.41) is 5.77. The van der Waals surface area contributed by atoms with Gasteiger partial charge in [-0.2, -0.15) is 0 Å². The van der Waals surface area contributed by atoms with Crippen LogP contribution in [0.4, 0.5) is 4.79 Å². The molecular weight excluding hydrogens is 312 g/mol. The highest BCUT2D eigenvalue weighted by Crippen LogP contribution is 2.13. The fourth-order valence-corrected chi connectivity index (χ4v) is 2.38. The summed E-state index contributed by atoms with van der Waals surface area (Å²) in [5.41, 5.74) is 4.28. The molecule has 0 aliphatic carbocycles. The normalized spacial score (nSPS) is 11.2. The van der Waals surface area contributed by atoms with Gasteiger partial charge in [0.1, 0.15) is 0 Å². The average Bonchev–Trinajstić information content (AvgIpc) is 2.56. The van der Waals surface area contributed by atoms with Gasteiger partial charge in [0.25, 0.3) is 0 Å². The van der Waals surface area contributed by atoms with Crippen molar-refractivity contribution < 1.29 is 9.53 Å². The van der Waals surface area contributed by atoms with E-state index >= 15 is 0 Å². The number of benzene rings is 2. The minimum absolute atomic E-state index is 0.163. The lowest BCUT2D eigenvalue weighted by molar-refractivity contribution is -0.0149. The van der Waals surface area contributed by atoms with E-state index in [1.165, 1.54) is 5.56 Å². The highest BCUT2D eigenvalue weighted by molar-refractivity contribution is 5.73. The van der Waals surface area contributed by atoms with Gasteiger partial charge in [-0.05, 0) is 44.4 Å². The summed E-state index contributed by atoms with van der Waals surface area (Å²) in [5.74, 6) is 0. The molecule has 2 N–H and O–H groups in total. The Morgan fingerprint density at radius 2 is 1.48 bits per heavy atom. The van der Waals surface area contributed by atoms with Crippen molar-refractivity contribution >= 4 is 6.03 Å². The van der Waals surface area contributed by atoms with Crippen molar-refractivity contribution in [1.29, 1.82) is 0 Å². The van der Waals surface area contributed by atoms with Gasteiger partial charge in [0.05, 0.1) is 12.2 Å². The second kappa shape index (κ2) is 8.67. The van der Waals surface area contributed by atoms with Gasteiger partial charge >= 0.3 is 6.03 Å². The van der Waals surface area contributed by atoms with Gasteiger partial charge in [-0.25, -0.2) is 4.79 Å². The van der Waals surface area contributed by atoms with Crippen molar-refractivity contribution in [3.63, 3.8) is 0 Å². The van der Waals surface area contributed by atoms with Gasteiger partial charge in [-0.15, -0.1) is 0 Å². The lowest BCUT2D eigenvalue weighted by Gasteiger charge is -2.19. The number of hydrogen-bond donors (Lipinski definition) is 2. The molecule has 0 atom stereocenters. The maximum atomic E-state index is 12.0. The van der Waals surface area contributed by atoms with Crippen LogP contribution in [0.2, 0.25) is 0 Å². The molecule has 0 saturated carbocycles. The molecule has 0 bridgehead atoms. The van der Waals surface area contributed by atoms with E-state index in [0.29, 0.717) is 19.7 Å². The van der Waals surface area contributed by atoms with Gasteiger partial charge in [0, 0.05) is 13.1 Å². The third-order valence-electron chi connectivity index (χ3n) is 3.65. The van der Waals surface area contributed by atoms with E-state index in [4.69, 9.17) is 4.74 Å². The van der Waals surface area contributed by atoms with Crippen molar-refractivity contribution in [3.05, 3.63) is 70.8 Å². The zero-order valence-electron chi connectivity index (χ0n) is 15.6. The van der Waals surface area contributed by atoms with Crippen LogP contribution < -0.4 is 10.6 Å². The molecule has 0 unspecified atom stereocenters. The molecule has 0 aromatic heterocycles. The van der Waals surface area contributed by atoms with Crippen LogP contribution in [0, 0.1) is 6.92 Å². The van der Waals surface area contributed by atoms with Crippen molar-refractivity contribution in [3.8, 4) is 0 Å².